The van der Waals surface area contributed by atoms with Crippen molar-refractivity contribution in [3.05, 3.63) is 30.1 Å². The Morgan fingerprint density at radius 3 is 2.94 bits per heavy atom. The van der Waals surface area contributed by atoms with Gasteiger partial charge in [-0.25, -0.2) is 0 Å². The zero-order valence-electron chi connectivity index (χ0n) is 11.8. The van der Waals surface area contributed by atoms with Crippen LogP contribution < -0.4 is 5.73 Å². The molecule has 0 spiro atoms. The lowest BCUT2D eigenvalue weighted by Gasteiger charge is -2.43. The van der Waals surface area contributed by atoms with Crippen molar-refractivity contribution in [1.29, 1.82) is 0 Å². The topological polar surface area (TPSA) is 42.2 Å². The monoisotopic (exact) mass is 247 g/mol. The Labute approximate surface area is 110 Å². The van der Waals surface area contributed by atoms with Gasteiger partial charge in [0.1, 0.15) is 0 Å². The standard InChI is InChI=1S/C15H25N3/c1-15(2)7-6-13(16)14(9-15)18(3)11-12-5-4-8-17-10-12/h4-5,8,10,13-14H,6-7,9,11,16H2,1-3H3. The fourth-order valence-electron chi connectivity index (χ4n) is 2.95. The molecule has 2 unspecified atom stereocenters. The van der Waals surface area contributed by atoms with Crippen molar-refractivity contribution < 1.29 is 0 Å². The van der Waals surface area contributed by atoms with Crippen LogP contribution in [0.3, 0.4) is 0 Å². The van der Waals surface area contributed by atoms with Gasteiger partial charge in [-0.3, -0.25) is 9.88 Å². The van der Waals surface area contributed by atoms with Gasteiger partial charge in [0.2, 0.25) is 0 Å². The normalized spacial score (nSPS) is 27.4. The highest BCUT2D eigenvalue weighted by molar-refractivity contribution is 5.08. The van der Waals surface area contributed by atoms with Gasteiger partial charge in [-0.05, 0) is 43.4 Å². The molecule has 1 aromatic heterocycles. The summed E-state index contributed by atoms with van der Waals surface area (Å²) in [6, 6.07) is 4.91. The van der Waals surface area contributed by atoms with Crippen LogP contribution in [0.25, 0.3) is 0 Å². The lowest BCUT2D eigenvalue weighted by Crippen LogP contribution is -2.51. The summed E-state index contributed by atoms with van der Waals surface area (Å²) < 4.78 is 0. The SMILES string of the molecule is CN(Cc1cccnc1)C1CC(C)(C)CCC1N. The van der Waals surface area contributed by atoms with Gasteiger partial charge in [0, 0.05) is 31.0 Å². The van der Waals surface area contributed by atoms with E-state index in [1.165, 1.54) is 18.4 Å². The van der Waals surface area contributed by atoms with Gasteiger partial charge in [-0.15, -0.1) is 0 Å². The molecule has 2 N–H and O–H groups in total. The molecule has 0 aliphatic heterocycles. The molecule has 0 saturated heterocycles. The van der Waals surface area contributed by atoms with E-state index in [1.807, 2.05) is 18.5 Å². The zero-order chi connectivity index (χ0) is 13.2. The summed E-state index contributed by atoms with van der Waals surface area (Å²) in [7, 11) is 2.18. The highest BCUT2D eigenvalue weighted by Crippen LogP contribution is 2.36. The van der Waals surface area contributed by atoms with E-state index in [0.717, 1.165) is 13.0 Å². The van der Waals surface area contributed by atoms with Gasteiger partial charge in [0.15, 0.2) is 0 Å². The summed E-state index contributed by atoms with van der Waals surface area (Å²) in [6.07, 6.45) is 7.32. The first-order valence-electron chi connectivity index (χ1n) is 6.83. The molecule has 1 fully saturated rings. The van der Waals surface area contributed by atoms with E-state index >= 15 is 0 Å². The molecular weight excluding hydrogens is 222 g/mol. The molecule has 1 aliphatic rings. The molecule has 1 aliphatic carbocycles. The quantitative estimate of drug-likeness (QED) is 0.892. The van der Waals surface area contributed by atoms with E-state index in [-0.39, 0.29) is 0 Å². The number of hydrogen-bond acceptors (Lipinski definition) is 3. The first-order chi connectivity index (χ1) is 8.48. The second-order valence-corrected chi connectivity index (χ2v) is 6.41. The minimum Gasteiger partial charge on any atom is -0.326 e. The Kier molecular flexibility index (Phi) is 4.03. The summed E-state index contributed by atoms with van der Waals surface area (Å²) in [5.74, 6) is 0. The second-order valence-electron chi connectivity index (χ2n) is 6.41. The number of hydrogen-bond donors (Lipinski definition) is 1. The molecule has 0 amide bonds. The highest BCUT2D eigenvalue weighted by Gasteiger charge is 2.34. The molecule has 1 heterocycles. The minimum atomic E-state index is 0.305. The summed E-state index contributed by atoms with van der Waals surface area (Å²) >= 11 is 0. The Balaban J connectivity index is 2.01. The third kappa shape index (κ3) is 3.30. The fraction of sp³-hybridized carbons (Fsp3) is 0.667. The Morgan fingerprint density at radius 1 is 1.50 bits per heavy atom. The Bertz CT molecular complexity index is 375. The second kappa shape index (κ2) is 5.37. The van der Waals surface area contributed by atoms with Crippen LogP contribution in [-0.4, -0.2) is 29.0 Å². The lowest BCUT2D eigenvalue weighted by molar-refractivity contribution is 0.0916. The number of aromatic nitrogens is 1. The summed E-state index contributed by atoms with van der Waals surface area (Å²) in [5.41, 5.74) is 7.98. The van der Waals surface area contributed by atoms with Crippen LogP contribution in [-0.2, 0) is 6.54 Å². The van der Waals surface area contributed by atoms with Gasteiger partial charge in [0.05, 0.1) is 0 Å². The van der Waals surface area contributed by atoms with Crippen LogP contribution in [0, 0.1) is 5.41 Å². The van der Waals surface area contributed by atoms with Gasteiger partial charge < -0.3 is 5.73 Å². The number of nitrogens with two attached hydrogens (primary N) is 1. The molecule has 1 aromatic rings. The van der Waals surface area contributed by atoms with Crippen LogP contribution in [0.2, 0.25) is 0 Å². The number of rotatable bonds is 3. The maximum absolute atomic E-state index is 6.30. The third-order valence-electron chi connectivity index (χ3n) is 4.13. The summed E-state index contributed by atoms with van der Waals surface area (Å²) in [4.78, 5) is 6.56. The minimum absolute atomic E-state index is 0.305. The molecule has 0 radical (unpaired) electrons. The zero-order valence-corrected chi connectivity index (χ0v) is 11.8. The van der Waals surface area contributed by atoms with Crippen LogP contribution in [0.15, 0.2) is 24.5 Å². The average molecular weight is 247 g/mol. The van der Waals surface area contributed by atoms with Crippen molar-refractivity contribution in [3.8, 4) is 0 Å². The van der Waals surface area contributed by atoms with Gasteiger partial charge in [-0.2, -0.15) is 0 Å². The molecular formula is C15H25N3. The van der Waals surface area contributed by atoms with Crippen LogP contribution >= 0.6 is 0 Å². The molecule has 2 rings (SSSR count). The van der Waals surface area contributed by atoms with E-state index in [2.05, 4.69) is 36.8 Å². The van der Waals surface area contributed by atoms with Gasteiger partial charge >= 0.3 is 0 Å². The van der Waals surface area contributed by atoms with Crippen molar-refractivity contribution in [2.75, 3.05) is 7.05 Å². The van der Waals surface area contributed by atoms with Gasteiger partial charge in [-0.1, -0.05) is 19.9 Å². The molecule has 18 heavy (non-hydrogen) atoms. The van der Waals surface area contributed by atoms with Crippen molar-refractivity contribution in [2.45, 2.75) is 51.7 Å². The van der Waals surface area contributed by atoms with E-state index in [4.69, 9.17) is 5.73 Å². The number of nitrogens with zero attached hydrogens (tertiary/aromatic N) is 2. The van der Waals surface area contributed by atoms with Crippen molar-refractivity contribution in [3.63, 3.8) is 0 Å². The molecule has 0 bridgehead atoms. The van der Waals surface area contributed by atoms with Crippen molar-refractivity contribution in [1.82, 2.24) is 9.88 Å². The number of pyridine rings is 1. The first kappa shape index (κ1) is 13.5. The number of likely N-dealkylation sites (N-methyl/N-ethyl adjacent to an activating group) is 1. The molecule has 1 saturated carbocycles. The van der Waals surface area contributed by atoms with Crippen LogP contribution in [0.1, 0.15) is 38.7 Å². The molecule has 3 heteroatoms. The predicted octanol–water partition coefficient (Wildman–Crippen LogP) is 2.42. The Morgan fingerprint density at radius 2 is 2.28 bits per heavy atom. The maximum atomic E-state index is 6.30. The fourth-order valence-corrected chi connectivity index (χ4v) is 2.95. The third-order valence-corrected chi connectivity index (χ3v) is 4.13. The largest absolute Gasteiger partial charge is 0.326 e. The Hall–Kier alpha value is -0.930. The molecule has 100 valence electrons. The van der Waals surface area contributed by atoms with Gasteiger partial charge in [0.25, 0.3) is 0 Å². The van der Waals surface area contributed by atoms with Crippen molar-refractivity contribution in [2.24, 2.45) is 11.1 Å². The van der Waals surface area contributed by atoms with E-state index < -0.39 is 0 Å². The highest BCUT2D eigenvalue weighted by atomic mass is 15.1. The molecule has 2 atom stereocenters. The summed E-state index contributed by atoms with van der Waals surface area (Å²) in [6.45, 7) is 5.63. The van der Waals surface area contributed by atoms with E-state index in [0.29, 0.717) is 17.5 Å². The van der Waals surface area contributed by atoms with Crippen LogP contribution in [0.4, 0.5) is 0 Å². The smallest absolute Gasteiger partial charge is 0.0312 e. The van der Waals surface area contributed by atoms with E-state index in [9.17, 15) is 0 Å². The average Bonchev–Trinajstić information content (AvgIpc) is 2.33. The molecule has 3 nitrogen and oxygen atoms in total. The molecule has 0 aromatic carbocycles. The van der Waals surface area contributed by atoms with Crippen molar-refractivity contribution >= 4 is 0 Å². The maximum Gasteiger partial charge on any atom is 0.0312 e. The van der Waals surface area contributed by atoms with E-state index in [1.54, 1.807) is 0 Å². The lowest BCUT2D eigenvalue weighted by atomic mass is 9.72. The van der Waals surface area contributed by atoms with Crippen LogP contribution in [0.5, 0.6) is 0 Å². The first-order valence-corrected chi connectivity index (χ1v) is 6.83. The predicted molar refractivity (Wildman–Crippen MR) is 75.1 cm³/mol. The summed E-state index contributed by atoms with van der Waals surface area (Å²) in [5, 5.41) is 0.